The van der Waals surface area contributed by atoms with Gasteiger partial charge in [-0.05, 0) is 0 Å². The normalized spacial score (nSPS) is 4.50. The van der Waals surface area contributed by atoms with Crippen molar-refractivity contribution >= 4 is 17.8 Å². The lowest BCUT2D eigenvalue weighted by atomic mass is 14.0. The molecule has 1 radical (unpaired) electrons. The largest absolute Gasteiger partial charge is 0.465 e. The van der Waals surface area contributed by atoms with Gasteiger partial charge in [-0.1, -0.05) is 0 Å². The Kier molecular flexibility index (Phi) is 13.6. The minimum Gasteiger partial charge on any atom is -0.287 e. The van der Waals surface area contributed by atoms with E-state index in [-0.39, 0.29) is 0 Å². The Balaban J connectivity index is 0. The minimum atomic E-state index is -3.12. The van der Waals surface area contributed by atoms with Gasteiger partial charge in [-0.2, -0.15) is 0 Å². The maximum Gasteiger partial charge on any atom is 0.465 e. The van der Waals surface area contributed by atoms with Gasteiger partial charge in [0.2, 0.25) is 0 Å². The van der Waals surface area contributed by atoms with Crippen molar-refractivity contribution in [1.29, 1.82) is 4.89 Å². The molecule has 4 nitrogen and oxygen atoms in total. The molecular weight excluding hydrogens is 121 g/mol. The van der Waals surface area contributed by atoms with Crippen LogP contribution in [0.5, 0.6) is 0 Å². The van der Waals surface area contributed by atoms with Gasteiger partial charge in [0.25, 0.3) is 9.88 Å². The highest BCUT2D eigenvalue weighted by Crippen LogP contribution is 1.84. The number of hydrogen-bond donors (Lipinski definition) is 1. The molecule has 1 N–H and O–H groups in total. The Labute approximate surface area is 37.7 Å². The van der Waals surface area contributed by atoms with Gasteiger partial charge in [-0.25, -0.2) is 9.13 Å². The number of rotatable bonds is 0. The van der Waals surface area contributed by atoms with E-state index in [4.69, 9.17) is 18.9 Å². The van der Waals surface area contributed by atoms with Crippen LogP contribution in [0.1, 0.15) is 0 Å². The average molecular weight is 122 g/mol. The Morgan fingerprint density at radius 3 is 1.50 bits per heavy atom. The van der Waals surface area contributed by atoms with Crippen molar-refractivity contribution < 1.29 is 14.0 Å². The van der Waals surface area contributed by atoms with E-state index in [2.05, 4.69) is 0 Å². The van der Waals surface area contributed by atoms with Gasteiger partial charge in [0.15, 0.2) is 0 Å². The number of nitrogens with zero attached hydrogens (tertiary/aromatic N) is 1. The first-order valence-corrected chi connectivity index (χ1v) is 2.37. The average Bonchev–Trinajstić information content (AvgIpc) is 1.41. The molecule has 0 aromatic rings. The molecule has 0 heterocycles. The summed E-state index contributed by atoms with van der Waals surface area (Å²) in [5.74, 6) is 0. The Hall–Kier alpha value is -0.213. The molecule has 6 heavy (non-hydrogen) atoms. The monoisotopic (exact) mass is 122 g/mol. The van der Waals surface area contributed by atoms with Crippen LogP contribution in [0.4, 0.5) is 0 Å². The van der Waals surface area contributed by atoms with Crippen molar-refractivity contribution in [3.63, 3.8) is 0 Å². The second kappa shape index (κ2) is 8.84. The molecule has 0 rings (SSSR count). The fourth-order valence-corrected chi connectivity index (χ4v) is 0. The second-order valence-electron chi connectivity index (χ2n) is 0.238. The van der Waals surface area contributed by atoms with Crippen molar-refractivity contribution in [3.05, 3.63) is 0 Å². The highest BCUT2D eigenvalue weighted by atomic mass is 31.1. The second-order valence-corrected chi connectivity index (χ2v) is 0.714. The molecule has 0 amide bonds. The third kappa shape index (κ3) is 648. The number of hydrogen-bond acceptors (Lipinski definition) is 3. The summed E-state index contributed by atoms with van der Waals surface area (Å²) >= 11 is 0. The molecule has 0 spiro atoms. The van der Waals surface area contributed by atoms with Crippen LogP contribution in [0.15, 0.2) is 0 Å². The summed E-state index contributed by atoms with van der Waals surface area (Å²) in [6.07, 6.45) is 0. The third-order valence-electron chi connectivity index (χ3n) is 0. The first kappa shape index (κ1) is 9.25. The van der Waals surface area contributed by atoms with Crippen LogP contribution in [0.3, 0.4) is 0 Å². The molecule has 0 atom stereocenters. The first-order valence-electron chi connectivity index (χ1n) is 0.789. The summed E-state index contributed by atoms with van der Waals surface area (Å²) in [5, 5.41) is 0. The molecule has 0 aromatic carbocycles. The Morgan fingerprint density at radius 1 is 1.50 bits per heavy atom. The molecule has 33 valence electrons. The summed E-state index contributed by atoms with van der Waals surface area (Å²) in [6.45, 7) is 0. The van der Waals surface area contributed by atoms with Crippen LogP contribution in [0.2, 0.25) is 0 Å². The third-order valence-corrected chi connectivity index (χ3v) is 0. The van der Waals surface area contributed by atoms with E-state index >= 15 is 0 Å². The van der Waals surface area contributed by atoms with Crippen LogP contribution in [0.25, 0.3) is 0 Å². The van der Waals surface area contributed by atoms with Crippen LogP contribution >= 0.6 is 7.91 Å². The molecular formula is HNO3PSi. The minimum absolute atomic E-state index is 1.97. The smallest absolute Gasteiger partial charge is 0.287 e. The molecule has 0 aliphatic rings. The molecule has 0 aromatic heterocycles. The van der Waals surface area contributed by atoms with Crippen LogP contribution < -0.4 is 0 Å². The van der Waals surface area contributed by atoms with Crippen molar-refractivity contribution in [2.45, 2.75) is 0 Å². The summed E-state index contributed by atoms with van der Waals surface area (Å²) < 4.78 is 17.2. The zero-order chi connectivity index (χ0) is 5.58. The van der Waals surface area contributed by atoms with Gasteiger partial charge in [0.05, 0.1) is 0 Å². The zero-order valence-corrected chi connectivity index (χ0v) is 4.55. The Morgan fingerprint density at radius 2 is 1.50 bits per heavy atom. The lowest BCUT2D eigenvalue weighted by molar-refractivity contribution is 0.434. The fraction of sp³-hybridized carbons (Fsp3) is 0. The first-order chi connectivity index (χ1) is 2.73. The maximum absolute atomic E-state index is 8.59. The molecule has 0 aliphatic carbocycles. The SMILES string of the molecule is N#[Si].O=P(=O)O. The predicted molar refractivity (Wildman–Crippen MR) is 18.0 cm³/mol. The molecule has 0 unspecified atom stereocenters. The van der Waals surface area contributed by atoms with Crippen molar-refractivity contribution in [2.24, 2.45) is 0 Å². The summed E-state index contributed by atoms with van der Waals surface area (Å²) in [4.78, 5) is 13.8. The highest BCUT2D eigenvalue weighted by Gasteiger charge is 1.57. The van der Waals surface area contributed by atoms with Gasteiger partial charge in [-0.3, -0.25) is 9.78 Å². The van der Waals surface area contributed by atoms with E-state index in [1.165, 1.54) is 0 Å². The van der Waals surface area contributed by atoms with E-state index in [0.717, 1.165) is 0 Å². The van der Waals surface area contributed by atoms with E-state index in [1.807, 2.05) is 9.88 Å². The van der Waals surface area contributed by atoms with Gasteiger partial charge < -0.3 is 0 Å². The van der Waals surface area contributed by atoms with Gasteiger partial charge >= 0.3 is 7.91 Å². The lowest BCUT2D eigenvalue weighted by Crippen LogP contribution is -1.19. The van der Waals surface area contributed by atoms with Gasteiger partial charge in [0.1, 0.15) is 0 Å². The summed E-state index contributed by atoms with van der Waals surface area (Å²) in [6, 6.07) is 0. The standard InChI is InChI=1S/NSi.HO3P/c1-2;1-4(2)3/h;(H,1,2,3). The van der Waals surface area contributed by atoms with Gasteiger partial charge in [0, 0.05) is 0 Å². The molecule has 0 fully saturated rings. The predicted octanol–water partition coefficient (Wildman–Crippen LogP) is -0.299. The van der Waals surface area contributed by atoms with Crippen molar-refractivity contribution in [2.75, 3.05) is 0 Å². The molecule has 0 aliphatic heterocycles. The summed E-state index contributed by atoms with van der Waals surface area (Å²) in [7, 11) is -1.15. The highest BCUT2D eigenvalue weighted by molar-refractivity contribution is 7.23. The fourth-order valence-electron chi connectivity index (χ4n) is 0. The summed E-state index contributed by atoms with van der Waals surface area (Å²) in [5.41, 5.74) is 0. The zero-order valence-electron chi connectivity index (χ0n) is 2.66. The topological polar surface area (TPSA) is 78.2 Å². The van der Waals surface area contributed by atoms with Crippen molar-refractivity contribution in [1.82, 2.24) is 0 Å². The quantitative estimate of drug-likeness (QED) is 0.353. The van der Waals surface area contributed by atoms with E-state index < -0.39 is 7.91 Å². The molecule has 6 heteroatoms. The molecule has 0 saturated carbocycles. The van der Waals surface area contributed by atoms with E-state index in [0.29, 0.717) is 0 Å². The lowest BCUT2D eigenvalue weighted by Gasteiger charge is -1.35. The van der Waals surface area contributed by atoms with E-state index in [9.17, 15) is 0 Å². The van der Waals surface area contributed by atoms with Crippen LogP contribution in [0, 0.1) is 4.89 Å². The van der Waals surface area contributed by atoms with E-state index in [1.54, 1.807) is 0 Å². The van der Waals surface area contributed by atoms with Gasteiger partial charge in [-0.15, -0.1) is 0 Å². The van der Waals surface area contributed by atoms with Crippen LogP contribution in [-0.2, 0) is 9.13 Å². The Bertz CT molecular complexity index is 84.2. The molecule has 0 bridgehead atoms. The maximum atomic E-state index is 8.59. The van der Waals surface area contributed by atoms with Crippen molar-refractivity contribution in [3.8, 4) is 0 Å². The molecule has 0 saturated heterocycles. The van der Waals surface area contributed by atoms with Crippen LogP contribution in [-0.4, -0.2) is 14.8 Å².